The summed E-state index contributed by atoms with van der Waals surface area (Å²) in [6.07, 6.45) is 8.76. The average molecular weight is 491 g/mol. The number of amides is 1. The first-order valence-electron chi connectivity index (χ1n) is 11.6. The molecule has 2 aliphatic rings. The molecule has 174 valence electrons. The monoisotopic (exact) mass is 490 g/mol. The third-order valence-electron chi connectivity index (χ3n) is 6.43. The maximum Gasteiger partial charge on any atom is 0.267 e. The third-order valence-corrected chi connectivity index (χ3v) is 7.76. The molecule has 5 rings (SSSR count). The second-order valence-corrected chi connectivity index (χ2v) is 10.4. The van der Waals surface area contributed by atoms with Crippen LogP contribution in [-0.2, 0) is 11.3 Å². The quantitative estimate of drug-likeness (QED) is 0.394. The van der Waals surface area contributed by atoms with Crippen LogP contribution >= 0.6 is 24.0 Å². The van der Waals surface area contributed by atoms with Gasteiger partial charge < -0.3 is 5.32 Å². The van der Waals surface area contributed by atoms with Gasteiger partial charge in [-0.15, -0.1) is 0 Å². The number of pyridine rings is 1. The predicted molar refractivity (Wildman–Crippen MR) is 142 cm³/mol. The molecule has 0 unspecified atom stereocenters. The lowest BCUT2D eigenvalue weighted by Gasteiger charge is -2.29. The molecular formula is C26H26N4O2S2. The lowest BCUT2D eigenvalue weighted by atomic mass is 9.94. The molecule has 3 aromatic rings. The predicted octanol–water partition coefficient (Wildman–Crippen LogP) is 5.15. The lowest BCUT2D eigenvalue weighted by Crippen LogP contribution is -2.39. The number of anilines is 1. The molecule has 34 heavy (non-hydrogen) atoms. The molecule has 1 saturated carbocycles. The molecule has 0 atom stereocenters. The maximum atomic E-state index is 13.5. The molecule has 3 heterocycles. The zero-order chi connectivity index (χ0) is 23.7. The van der Waals surface area contributed by atoms with Gasteiger partial charge in [0, 0.05) is 18.8 Å². The second kappa shape index (κ2) is 9.72. The summed E-state index contributed by atoms with van der Waals surface area (Å²) in [6.45, 7) is 2.44. The van der Waals surface area contributed by atoms with Crippen molar-refractivity contribution in [3.8, 4) is 0 Å². The van der Waals surface area contributed by atoms with E-state index in [1.54, 1.807) is 17.2 Å². The van der Waals surface area contributed by atoms with Crippen molar-refractivity contribution in [3.05, 3.63) is 80.6 Å². The van der Waals surface area contributed by atoms with E-state index in [0.29, 0.717) is 32.8 Å². The molecule has 8 heteroatoms. The van der Waals surface area contributed by atoms with Gasteiger partial charge in [0.05, 0.1) is 10.5 Å². The molecule has 2 aromatic heterocycles. The molecule has 1 saturated heterocycles. The van der Waals surface area contributed by atoms with E-state index in [9.17, 15) is 9.59 Å². The highest BCUT2D eigenvalue weighted by atomic mass is 32.2. The minimum atomic E-state index is -0.216. The van der Waals surface area contributed by atoms with Crippen LogP contribution in [0.2, 0.25) is 0 Å². The molecule has 1 N–H and O–H groups in total. The Hall–Kier alpha value is -2.97. The van der Waals surface area contributed by atoms with E-state index in [0.717, 1.165) is 36.8 Å². The second-order valence-electron chi connectivity index (χ2n) is 8.75. The first-order chi connectivity index (χ1) is 16.5. The summed E-state index contributed by atoms with van der Waals surface area (Å²) in [5, 5.41) is 3.33. The largest absolute Gasteiger partial charge is 0.365 e. The van der Waals surface area contributed by atoms with E-state index in [1.165, 1.54) is 22.6 Å². The van der Waals surface area contributed by atoms with Crippen molar-refractivity contribution >= 4 is 51.7 Å². The van der Waals surface area contributed by atoms with Gasteiger partial charge in [-0.25, -0.2) is 4.98 Å². The highest BCUT2D eigenvalue weighted by Crippen LogP contribution is 2.37. The fourth-order valence-electron chi connectivity index (χ4n) is 4.62. The Morgan fingerprint density at radius 1 is 1.12 bits per heavy atom. The molecule has 1 aromatic carbocycles. The van der Waals surface area contributed by atoms with E-state index in [-0.39, 0.29) is 17.5 Å². The summed E-state index contributed by atoms with van der Waals surface area (Å²) in [4.78, 5) is 33.9. The minimum Gasteiger partial charge on any atom is -0.365 e. The summed E-state index contributed by atoms with van der Waals surface area (Å²) in [6, 6.07) is 13.9. The minimum absolute atomic E-state index is 0.107. The smallest absolute Gasteiger partial charge is 0.267 e. The zero-order valence-electron chi connectivity index (χ0n) is 19.0. The molecule has 1 amide bonds. The standard InChI is InChI=1S/C26H26N4O2S2/c1-17-9-8-14-29-23(17)28-22(27-16-18-10-4-2-5-11-18)20(24(29)31)15-21-25(32)30(26(33)34-21)19-12-6-3-7-13-19/h2,4-5,8-11,14-15,19,27H,3,6-7,12-13,16H2,1H3/b21-15-. The number of fused-ring (bicyclic) bond motifs is 1. The number of carbonyl (C=O) groups excluding carboxylic acids is 1. The van der Waals surface area contributed by atoms with Gasteiger partial charge in [0.1, 0.15) is 15.8 Å². The maximum absolute atomic E-state index is 13.5. The van der Waals surface area contributed by atoms with Gasteiger partial charge in [0.2, 0.25) is 0 Å². The van der Waals surface area contributed by atoms with Crippen molar-refractivity contribution in [2.75, 3.05) is 5.32 Å². The van der Waals surface area contributed by atoms with E-state index >= 15 is 0 Å². The molecular weight excluding hydrogens is 464 g/mol. The number of carbonyl (C=O) groups is 1. The molecule has 6 nitrogen and oxygen atoms in total. The number of benzene rings is 1. The van der Waals surface area contributed by atoms with Crippen molar-refractivity contribution < 1.29 is 4.79 Å². The summed E-state index contributed by atoms with van der Waals surface area (Å²) >= 11 is 6.86. The average Bonchev–Trinajstić information content (AvgIpc) is 3.14. The molecule has 2 fully saturated rings. The Labute approximate surface area is 208 Å². The summed E-state index contributed by atoms with van der Waals surface area (Å²) in [5.74, 6) is 0.357. The molecule has 0 spiro atoms. The summed E-state index contributed by atoms with van der Waals surface area (Å²) in [7, 11) is 0. The van der Waals surface area contributed by atoms with E-state index in [2.05, 4.69) is 5.32 Å². The van der Waals surface area contributed by atoms with Crippen LogP contribution in [0.4, 0.5) is 5.82 Å². The first kappa shape index (κ1) is 22.8. The zero-order valence-corrected chi connectivity index (χ0v) is 20.6. The highest BCUT2D eigenvalue weighted by Gasteiger charge is 2.37. The van der Waals surface area contributed by atoms with Crippen LogP contribution in [0.5, 0.6) is 0 Å². The van der Waals surface area contributed by atoms with Gasteiger partial charge in [-0.05, 0) is 43.0 Å². The molecule has 0 radical (unpaired) electrons. The van der Waals surface area contributed by atoms with Crippen LogP contribution in [0.15, 0.2) is 58.4 Å². The highest BCUT2D eigenvalue weighted by molar-refractivity contribution is 8.26. The van der Waals surface area contributed by atoms with Gasteiger partial charge in [-0.1, -0.05) is 79.6 Å². The van der Waals surface area contributed by atoms with Crippen LogP contribution in [0.1, 0.15) is 48.8 Å². The number of rotatable bonds is 5. The van der Waals surface area contributed by atoms with Gasteiger partial charge in [-0.2, -0.15) is 0 Å². The number of aromatic nitrogens is 2. The van der Waals surface area contributed by atoms with Crippen molar-refractivity contribution in [1.82, 2.24) is 14.3 Å². The number of hydrogen-bond acceptors (Lipinski definition) is 6. The Morgan fingerprint density at radius 2 is 1.88 bits per heavy atom. The number of nitrogens with one attached hydrogen (secondary N) is 1. The van der Waals surface area contributed by atoms with Crippen LogP contribution in [0, 0.1) is 6.92 Å². The van der Waals surface area contributed by atoms with Gasteiger partial charge in [0.15, 0.2) is 0 Å². The Bertz CT molecular complexity index is 1340. The van der Waals surface area contributed by atoms with E-state index < -0.39 is 0 Å². The topological polar surface area (TPSA) is 66.7 Å². The SMILES string of the molecule is Cc1cccn2c(=O)c(/C=C3\SC(=S)N(C4CCCCC4)C3=O)c(NCc3ccccc3)nc12. The van der Waals surface area contributed by atoms with Gasteiger partial charge in [-0.3, -0.25) is 18.9 Å². The lowest BCUT2D eigenvalue weighted by molar-refractivity contribution is -0.124. The molecule has 0 bridgehead atoms. The number of thioether (sulfide) groups is 1. The number of nitrogens with zero attached hydrogens (tertiary/aromatic N) is 3. The van der Waals surface area contributed by atoms with Crippen molar-refractivity contribution in [1.29, 1.82) is 0 Å². The van der Waals surface area contributed by atoms with Crippen LogP contribution < -0.4 is 10.9 Å². The fraction of sp³-hybridized carbons (Fsp3) is 0.308. The summed E-state index contributed by atoms with van der Waals surface area (Å²) < 4.78 is 2.11. The first-order valence-corrected chi connectivity index (χ1v) is 12.8. The van der Waals surface area contributed by atoms with E-state index in [1.807, 2.05) is 49.4 Å². The molecule has 1 aliphatic carbocycles. The van der Waals surface area contributed by atoms with Crippen molar-refractivity contribution in [3.63, 3.8) is 0 Å². The Balaban J connectivity index is 1.55. The van der Waals surface area contributed by atoms with Crippen LogP contribution in [0.3, 0.4) is 0 Å². The number of hydrogen-bond donors (Lipinski definition) is 1. The van der Waals surface area contributed by atoms with Gasteiger partial charge in [0.25, 0.3) is 11.5 Å². The van der Waals surface area contributed by atoms with Crippen LogP contribution in [-0.4, -0.2) is 30.6 Å². The van der Waals surface area contributed by atoms with Crippen molar-refractivity contribution in [2.45, 2.75) is 51.6 Å². The number of thiocarbonyl (C=S) groups is 1. The third kappa shape index (κ3) is 4.40. The Kier molecular flexibility index (Phi) is 6.52. The normalized spacial score (nSPS) is 18.3. The van der Waals surface area contributed by atoms with Gasteiger partial charge >= 0.3 is 0 Å². The fourth-order valence-corrected chi connectivity index (χ4v) is 6.01. The summed E-state index contributed by atoms with van der Waals surface area (Å²) in [5.41, 5.74) is 2.71. The molecule has 1 aliphatic heterocycles. The van der Waals surface area contributed by atoms with Crippen LogP contribution in [0.25, 0.3) is 11.7 Å². The van der Waals surface area contributed by atoms with Crippen molar-refractivity contribution in [2.24, 2.45) is 0 Å². The Morgan fingerprint density at radius 3 is 2.65 bits per heavy atom. The van der Waals surface area contributed by atoms with E-state index in [4.69, 9.17) is 17.2 Å². The number of aryl methyl sites for hydroxylation is 1.